The number of fused-ring (bicyclic) bond motifs is 1. The van der Waals surface area contributed by atoms with Gasteiger partial charge in [-0.2, -0.15) is 0 Å². The number of rotatable bonds is 5. The molecule has 0 aliphatic carbocycles. The van der Waals surface area contributed by atoms with Crippen LogP contribution in [-0.2, 0) is 12.3 Å². The fourth-order valence-electron chi connectivity index (χ4n) is 2.62. The lowest BCUT2D eigenvalue weighted by atomic mass is 10.2. The highest BCUT2D eigenvalue weighted by molar-refractivity contribution is 7.98. The Morgan fingerprint density at radius 2 is 2.00 bits per heavy atom. The Labute approximate surface area is 165 Å². The molecule has 0 saturated heterocycles. The van der Waals surface area contributed by atoms with E-state index in [0.717, 1.165) is 0 Å². The van der Waals surface area contributed by atoms with Crippen molar-refractivity contribution in [2.75, 3.05) is 0 Å². The standard InChI is InChI=1S/C19H17Cl2FN2OS/c1-11(2)9-24-18(25)13-8-12(20)6-7-17(13)23-19(24)26-10-14-15(21)4-3-5-16(14)22/h3-8,11H,9-10H2,1-2H3. The van der Waals surface area contributed by atoms with Gasteiger partial charge >= 0.3 is 0 Å². The second-order valence-corrected chi connectivity index (χ2v) is 8.14. The normalized spacial score (nSPS) is 11.5. The number of thioether (sulfide) groups is 1. The Hall–Kier alpha value is -1.56. The molecule has 0 aliphatic heterocycles. The zero-order chi connectivity index (χ0) is 18.8. The lowest BCUT2D eigenvalue weighted by Gasteiger charge is -2.15. The van der Waals surface area contributed by atoms with Gasteiger partial charge in [-0.25, -0.2) is 9.37 Å². The fraction of sp³-hybridized carbons (Fsp3) is 0.263. The summed E-state index contributed by atoms with van der Waals surface area (Å²) < 4.78 is 15.7. The van der Waals surface area contributed by atoms with Crippen LogP contribution in [0.15, 0.2) is 46.3 Å². The molecule has 1 aromatic heterocycles. The summed E-state index contributed by atoms with van der Waals surface area (Å²) in [5.74, 6) is 0.174. The Kier molecular flexibility index (Phi) is 5.90. The molecule has 2 aromatic carbocycles. The van der Waals surface area contributed by atoms with Crippen molar-refractivity contribution in [2.45, 2.75) is 31.3 Å². The molecule has 0 unspecified atom stereocenters. The molecule has 0 aliphatic rings. The van der Waals surface area contributed by atoms with Crippen molar-refractivity contribution in [1.29, 1.82) is 0 Å². The van der Waals surface area contributed by atoms with Crippen LogP contribution in [0, 0.1) is 11.7 Å². The summed E-state index contributed by atoms with van der Waals surface area (Å²) in [6.07, 6.45) is 0. The third-order valence-electron chi connectivity index (χ3n) is 3.84. The van der Waals surface area contributed by atoms with E-state index in [1.54, 1.807) is 34.9 Å². The Morgan fingerprint density at radius 1 is 1.23 bits per heavy atom. The molecular weight excluding hydrogens is 394 g/mol. The minimum Gasteiger partial charge on any atom is -0.287 e. The Bertz CT molecular complexity index is 1000. The van der Waals surface area contributed by atoms with Gasteiger partial charge in [0.05, 0.1) is 10.9 Å². The molecule has 1 heterocycles. The molecule has 26 heavy (non-hydrogen) atoms. The van der Waals surface area contributed by atoms with Crippen LogP contribution in [0.5, 0.6) is 0 Å². The van der Waals surface area contributed by atoms with E-state index in [4.69, 9.17) is 23.2 Å². The minimum atomic E-state index is -0.365. The van der Waals surface area contributed by atoms with Gasteiger partial charge < -0.3 is 0 Å². The van der Waals surface area contributed by atoms with Gasteiger partial charge in [0, 0.05) is 27.9 Å². The predicted molar refractivity (Wildman–Crippen MR) is 107 cm³/mol. The second kappa shape index (κ2) is 7.99. The molecule has 3 aromatic rings. The highest BCUT2D eigenvalue weighted by Crippen LogP contribution is 2.28. The molecule has 0 fully saturated rings. The first-order valence-electron chi connectivity index (χ1n) is 8.12. The first-order valence-corrected chi connectivity index (χ1v) is 9.86. The number of hydrogen-bond acceptors (Lipinski definition) is 3. The first kappa shape index (κ1) is 19.2. The van der Waals surface area contributed by atoms with E-state index in [2.05, 4.69) is 4.98 Å². The summed E-state index contributed by atoms with van der Waals surface area (Å²) in [5, 5.41) is 1.87. The average Bonchev–Trinajstić information content (AvgIpc) is 2.58. The minimum absolute atomic E-state index is 0.145. The van der Waals surface area contributed by atoms with Crippen molar-refractivity contribution in [3.63, 3.8) is 0 Å². The van der Waals surface area contributed by atoms with Gasteiger partial charge in [-0.3, -0.25) is 9.36 Å². The van der Waals surface area contributed by atoms with Crippen molar-refractivity contribution in [3.8, 4) is 0 Å². The lowest BCUT2D eigenvalue weighted by molar-refractivity contribution is 0.475. The van der Waals surface area contributed by atoms with Crippen LogP contribution < -0.4 is 5.56 Å². The number of hydrogen-bond donors (Lipinski definition) is 0. The first-order chi connectivity index (χ1) is 12.4. The van der Waals surface area contributed by atoms with Crippen molar-refractivity contribution >= 4 is 45.9 Å². The molecule has 7 heteroatoms. The maximum atomic E-state index is 14.0. The molecule has 3 rings (SSSR count). The topological polar surface area (TPSA) is 34.9 Å². The average molecular weight is 411 g/mol. The second-order valence-electron chi connectivity index (χ2n) is 6.35. The molecule has 3 nitrogen and oxygen atoms in total. The van der Waals surface area contributed by atoms with E-state index >= 15 is 0 Å². The molecule has 0 N–H and O–H groups in total. The maximum Gasteiger partial charge on any atom is 0.262 e. The molecule has 0 radical (unpaired) electrons. The number of aromatic nitrogens is 2. The third kappa shape index (κ3) is 4.05. The zero-order valence-corrected chi connectivity index (χ0v) is 16.6. The van der Waals surface area contributed by atoms with Crippen LogP contribution in [0.1, 0.15) is 19.4 Å². The summed E-state index contributed by atoms with van der Waals surface area (Å²) in [5.41, 5.74) is 0.829. The van der Waals surface area contributed by atoms with Crippen molar-refractivity contribution in [3.05, 3.63) is 68.2 Å². The van der Waals surface area contributed by atoms with Crippen LogP contribution in [0.3, 0.4) is 0 Å². The summed E-state index contributed by atoms with van der Waals surface area (Å²) in [4.78, 5) is 17.5. The maximum absolute atomic E-state index is 14.0. The predicted octanol–water partition coefficient (Wildman–Crippen LogP) is 5.79. The van der Waals surface area contributed by atoms with E-state index < -0.39 is 0 Å². The van der Waals surface area contributed by atoms with Crippen LogP contribution in [-0.4, -0.2) is 9.55 Å². The SMILES string of the molecule is CC(C)Cn1c(SCc2c(F)cccc2Cl)nc2ccc(Cl)cc2c1=O. The van der Waals surface area contributed by atoms with Crippen molar-refractivity contribution in [1.82, 2.24) is 9.55 Å². The summed E-state index contributed by atoms with van der Waals surface area (Å²) in [6.45, 7) is 4.56. The van der Waals surface area contributed by atoms with Gasteiger partial charge in [0.2, 0.25) is 0 Å². The van der Waals surface area contributed by atoms with E-state index in [0.29, 0.717) is 38.2 Å². The largest absolute Gasteiger partial charge is 0.287 e. The zero-order valence-electron chi connectivity index (χ0n) is 14.3. The van der Waals surface area contributed by atoms with Gasteiger partial charge in [0.25, 0.3) is 5.56 Å². The molecular formula is C19H17Cl2FN2OS. The van der Waals surface area contributed by atoms with E-state index in [1.165, 1.54) is 17.8 Å². The number of nitrogens with zero attached hydrogens (tertiary/aromatic N) is 2. The number of benzene rings is 2. The molecule has 0 bridgehead atoms. The summed E-state index contributed by atoms with van der Waals surface area (Å²) >= 11 is 13.4. The fourth-order valence-corrected chi connectivity index (χ4v) is 4.14. The molecule has 136 valence electrons. The van der Waals surface area contributed by atoms with Gasteiger partial charge in [-0.1, -0.05) is 54.9 Å². The molecule has 0 atom stereocenters. The Morgan fingerprint density at radius 3 is 2.69 bits per heavy atom. The highest BCUT2D eigenvalue weighted by atomic mass is 35.5. The molecule has 0 amide bonds. The lowest BCUT2D eigenvalue weighted by Crippen LogP contribution is -2.25. The van der Waals surface area contributed by atoms with Gasteiger partial charge in [0.15, 0.2) is 5.16 Å². The smallest absolute Gasteiger partial charge is 0.262 e. The van der Waals surface area contributed by atoms with Crippen LogP contribution in [0.4, 0.5) is 4.39 Å². The summed E-state index contributed by atoms with van der Waals surface area (Å²) in [7, 11) is 0. The van der Waals surface area contributed by atoms with E-state index in [9.17, 15) is 9.18 Å². The van der Waals surface area contributed by atoms with Crippen LogP contribution in [0.2, 0.25) is 10.0 Å². The van der Waals surface area contributed by atoms with Gasteiger partial charge in [0.1, 0.15) is 5.82 Å². The third-order valence-corrected chi connectivity index (χ3v) is 5.43. The monoisotopic (exact) mass is 410 g/mol. The quantitative estimate of drug-likeness (QED) is 0.394. The van der Waals surface area contributed by atoms with Gasteiger partial charge in [-0.05, 0) is 36.2 Å². The van der Waals surface area contributed by atoms with E-state index in [-0.39, 0.29) is 23.0 Å². The van der Waals surface area contributed by atoms with E-state index in [1.807, 2.05) is 13.8 Å². The van der Waals surface area contributed by atoms with Crippen molar-refractivity contribution < 1.29 is 4.39 Å². The van der Waals surface area contributed by atoms with Gasteiger partial charge in [-0.15, -0.1) is 0 Å². The highest BCUT2D eigenvalue weighted by Gasteiger charge is 2.15. The molecule has 0 saturated carbocycles. The van der Waals surface area contributed by atoms with Crippen molar-refractivity contribution in [2.24, 2.45) is 5.92 Å². The Balaban J connectivity index is 2.06. The van der Waals surface area contributed by atoms with Crippen LogP contribution in [0.25, 0.3) is 10.9 Å². The summed E-state index contributed by atoms with van der Waals surface area (Å²) in [6, 6.07) is 9.64. The number of halogens is 3. The molecule has 0 spiro atoms. The van der Waals surface area contributed by atoms with Crippen LogP contribution >= 0.6 is 35.0 Å².